The van der Waals surface area contributed by atoms with Gasteiger partial charge in [-0.3, -0.25) is 9.78 Å². The van der Waals surface area contributed by atoms with Crippen molar-refractivity contribution in [3.05, 3.63) is 22.0 Å². The maximum atomic E-state index is 11.8. The molecule has 0 radical (unpaired) electrons. The molecule has 0 aliphatic heterocycles. The molecule has 1 aromatic rings. The second-order valence-electron chi connectivity index (χ2n) is 2.65. The van der Waals surface area contributed by atoms with Crippen LogP contribution in [0, 0.1) is 0 Å². The van der Waals surface area contributed by atoms with E-state index < -0.39 is 17.8 Å². The molecule has 0 spiro atoms. The zero-order chi connectivity index (χ0) is 11.6. The van der Waals surface area contributed by atoms with Gasteiger partial charge >= 0.3 is 6.36 Å². The van der Waals surface area contributed by atoms with Gasteiger partial charge in [-0.2, -0.15) is 0 Å². The van der Waals surface area contributed by atoms with E-state index in [0.717, 1.165) is 6.07 Å². The lowest BCUT2D eigenvalue weighted by Gasteiger charge is -2.09. The highest BCUT2D eigenvalue weighted by molar-refractivity contribution is 5.47. The van der Waals surface area contributed by atoms with Crippen LogP contribution in [0.5, 0.6) is 5.88 Å². The maximum Gasteiger partial charge on any atom is 0.574 e. The summed E-state index contributed by atoms with van der Waals surface area (Å²) in [4.78, 5) is 13.0. The van der Waals surface area contributed by atoms with Crippen molar-refractivity contribution < 1.29 is 17.9 Å². The van der Waals surface area contributed by atoms with Crippen molar-refractivity contribution in [1.29, 1.82) is 0 Å². The third-order valence-corrected chi connectivity index (χ3v) is 1.58. The number of pyridine rings is 1. The van der Waals surface area contributed by atoms with Crippen LogP contribution in [0.2, 0.25) is 0 Å². The summed E-state index contributed by atoms with van der Waals surface area (Å²) >= 11 is 0. The van der Waals surface area contributed by atoms with Crippen molar-refractivity contribution in [3.63, 3.8) is 0 Å². The van der Waals surface area contributed by atoms with Crippen molar-refractivity contribution in [1.82, 2.24) is 4.98 Å². The molecule has 15 heavy (non-hydrogen) atoms. The Labute approximate surface area is 81.8 Å². The minimum atomic E-state index is -4.88. The number of aromatic nitrogens is 1. The number of ether oxygens (including phenoxy) is 1. The average Bonchev–Trinajstić information content (AvgIpc) is 1.99. The normalized spacial score (nSPS) is 11.5. The third kappa shape index (κ3) is 2.88. The highest BCUT2D eigenvalue weighted by atomic mass is 19.4. The van der Waals surface area contributed by atoms with Gasteiger partial charge in [0.25, 0.3) is 5.56 Å². The van der Waals surface area contributed by atoms with E-state index in [2.05, 4.69) is 4.74 Å². The molecular formula is C7H8F3N3O2. The molecule has 0 saturated carbocycles. The number of nitrogens with one attached hydrogen (secondary N) is 1. The van der Waals surface area contributed by atoms with Gasteiger partial charge in [-0.25, -0.2) is 0 Å². The van der Waals surface area contributed by atoms with Gasteiger partial charge in [0.2, 0.25) is 5.88 Å². The number of H-pyrrole nitrogens is 1. The van der Waals surface area contributed by atoms with Gasteiger partial charge in [-0.05, 0) is 0 Å². The van der Waals surface area contributed by atoms with Gasteiger partial charge in [0.15, 0.2) is 0 Å². The molecular weight excluding hydrogens is 215 g/mol. The molecule has 0 amide bonds. The summed E-state index contributed by atoms with van der Waals surface area (Å²) in [5.41, 5.74) is 9.55. The van der Waals surface area contributed by atoms with Crippen LogP contribution in [0.25, 0.3) is 0 Å². The van der Waals surface area contributed by atoms with Crippen LogP contribution < -0.4 is 21.8 Å². The van der Waals surface area contributed by atoms with E-state index in [0.29, 0.717) is 0 Å². The second-order valence-corrected chi connectivity index (χ2v) is 2.65. The molecule has 0 atom stereocenters. The number of nitrogens with two attached hydrogens (primary N) is 2. The molecule has 0 bridgehead atoms. The predicted octanol–water partition coefficient (Wildman–Crippen LogP) is 0.314. The van der Waals surface area contributed by atoms with Gasteiger partial charge in [0, 0.05) is 18.3 Å². The van der Waals surface area contributed by atoms with Crippen molar-refractivity contribution in [2.75, 3.05) is 5.73 Å². The number of nitrogen functional groups attached to an aromatic ring is 1. The summed E-state index contributed by atoms with van der Waals surface area (Å²) in [7, 11) is 0. The summed E-state index contributed by atoms with van der Waals surface area (Å²) in [6.45, 7) is -0.159. The Kier molecular flexibility index (Phi) is 2.89. The van der Waals surface area contributed by atoms with Crippen LogP contribution in [0.4, 0.5) is 18.9 Å². The molecule has 8 heteroatoms. The number of rotatable bonds is 2. The van der Waals surface area contributed by atoms with Crippen molar-refractivity contribution in [2.45, 2.75) is 12.9 Å². The van der Waals surface area contributed by atoms with Gasteiger partial charge < -0.3 is 16.2 Å². The minimum absolute atomic E-state index is 0.0181. The largest absolute Gasteiger partial charge is 0.574 e. The Morgan fingerprint density at radius 1 is 1.47 bits per heavy atom. The molecule has 5 nitrogen and oxygen atoms in total. The second kappa shape index (κ2) is 3.81. The van der Waals surface area contributed by atoms with Crippen LogP contribution >= 0.6 is 0 Å². The number of anilines is 1. The van der Waals surface area contributed by atoms with Crippen molar-refractivity contribution in [2.24, 2.45) is 5.73 Å². The Bertz CT molecular complexity index is 413. The van der Waals surface area contributed by atoms with E-state index in [9.17, 15) is 18.0 Å². The Morgan fingerprint density at radius 3 is 2.47 bits per heavy atom. The first kappa shape index (κ1) is 11.4. The fourth-order valence-corrected chi connectivity index (χ4v) is 0.973. The number of halogens is 3. The fraction of sp³-hybridized carbons (Fsp3) is 0.286. The Balaban J connectivity index is 3.10. The van der Waals surface area contributed by atoms with Gasteiger partial charge in [0.05, 0.1) is 5.56 Å². The highest BCUT2D eigenvalue weighted by Gasteiger charge is 2.31. The smallest absolute Gasteiger partial charge is 0.398 e. The van der Waals surface area contributed by atoms with E-state index >= 15 is 0 Å². The standard InChI is InChI=1S/C7H8F3N3O2/c8-7(9,10)15-5-1-4(12)3(2-11)6(14)13-5/h1H,2,11H2,(H3,12,13,14). The van der Waals surface area contributed by atoms with Crippen LogP contribution in [-0.2, 0) is 6.54 Å². The van der Waals surface area contributed by atoms with Gasteiger partial charge in [-0.1, -0.05) is 0 Å². The highest BCUT2D eigenvalue weighted by Crippen LogP contribution is 2.21. The van der Waals surface area contributed by atoms with Crippen LogP contribution in [0.1, 0.15) is 5.56 Å². The third-order valence-electron chi connectivity index (χ3n) is 1.58. The van der Waals surface area contributed by atoms with Crippen LogP contribution in [-0.4, -0.2) is 11.3 Å². The number of hydrogen-bond donors (Lipinski definition) is 3. The average molecular weight is 223 g/mol. The zero-order valence-electron chi connectivity index (χ0n) is 7.39. The molecule has 0 aromatic carbocycles. The van der Waals surface area contributed by atoms with E-state index in [-0.39, 0.29) is 17.8 Å². The van der Waals surface area contributed by atoms with E-state index in [1.165, 1.54) is 0 Å². The molecule has 5 N–H and O–H groups in total. The summed E-state index contributed by atoms with van der Waals surface area (Å²) in [5.74, 6) is -0.762. The zero-order valence-corrected chi connectivity index (χ0v) is 7.39. The summed E-state index contributed by atoms with van der Waals surface area (Å²) in [6, 6.07) is 0.858. The fourth-order valence-electron chi connectivity index (χ4n) is 0.973. The number of aromatic amines is 1. The quantitative estimate of drug-likeness (QED) is 0.672. The molecule has 0 unspecified atom stereocenters. The molecule has 84 valence electrons. The van der Waals surface area contributed by atoms with E-state index in [1.54, 1.807) is 0 Å². The lowest BCUT2D eigenvalue weighted by Crippen LogP contribution is -2.23. The number of hydrogen-bond acceptors (Lipinski definition) is 4. The Hall–Kier alpha value is -1.70. The van der Waals surface area contributed by atoms with Crippen LogP contribution in [0.3, 0.4) is 0 Å². The minimum Gasteiger partial charge on any atom is -0.398 e. The number of alkyl halides is 3. The molecule has 0 aliphatic rings. The summed E-state index contributed by atoms with van der Waals surface area (Å²) < 4.78 is 38.8. The first-order valence-corrected chi connectivity index (χ1v) is 3.81. The summed E-state index contributed by atoms with van der Waals surface area (Å²) in [5, 5.41) is 0. The van der Waals surface area contributed by atoms with Gasteiger partial charge in [-0.15, -0.1) is 13.2 Å². The van der Waals surface area contributed by atoms with Crippen LogP contribution in [0.15, 0.2) is 10.9 Å². The van der Waals surface area contributed by atoms with Gasteiger partial charge in [0.1, 0.15) is 0 Å². The molecule has 0 aliphatic carbocycles. The maximum absolute atomic E-state index is 11.8. The molecule has 1 heterocycles. The first-order valence-electron chi connectivity index (χ1n) is 3.81. The van der Waals surface area contributed by atoms with Crippen molar-refractivity contribution >= 4 is 5.69 Å². The van der Waals surface area contributed by atoms with E-state index in [4.69, 9.17) is 11.5 Å². The lowest BCUT2D eigenvalue weighted by atomic mass is 10.2. The molecule has 0 saturated heterocycles. The molecule has 1 rings (SSSR count). The topological polar surface area (TPSA) is 94.1 Å². The first-order chi connectivity index (χ1) is 6.83. The summed E-state index contributed by atoms with van der Waals surface area (Å²) in [6.07, 6.45) is -4.88. The Morgan fingerprint density at radius 2 is 2.07 bits per heavy atom. The van der Waals surface area contributed by atoms with Crippen molar-refractivity contribution in [3.8, 4) is 5.88 Å². The SMILES string of the molecule is NCc1c(N)cc(OC(F)(F)F)[nH]c1=O. The monoisotopic (exact) mass is 223 g/mol. The molecule has 1 aromatic heterocycles. The molecule has 0 fully saturated rings. The predicted molar refractivity (Wildman–Crippen MR) is 46.0 cm³/mol. The lowest BCUT2D eigenvalue weighted by molar-refractivity contribution is -0.276. The van der Waals surface area contributed by atoms with E-state index in [1.807, 2.05) is 4.98 Å².